The molecule has 6 heteroatoms. The predicted octanol–water partition coefficient (Wildman–Crippen LogP) is 14.3. The van der Waals surface area contributed by atoms with E-state index in [9.17, 15) is 0 Å². The molecule has 3 heterocycles. The van der Waals surface area contributed by atoms with E-state index in [1.165, 1.54) is 10.8 Å². The third-order valence-corrected chi connectivity index (χ3v) is 11.2. The maximum atomic E-state index is 8.21. The Morgan fingerprint density at radius 3 is 1.49 bits per heavy atom. The lowest BCUT2D eigenvalue weighted by Gasteiger charge is -2.17. The Labute approximate surface area is 327 Å². The second kappa shape index (κ2) is 12.3. The summed E-state index contributed by atoms with van der Waals surface area (Å²) < 4.78 is 6.86. The van der Waals surface area contributed by atoms with Crippen LogP contribution in [0.5, 0.6) is 0 Å². The summed E-state index contributed by atoms with van der Waals surface area (Å²) in [5, 5.41) is 6.47. The van der Waals surface area contributed by atoms with Gasteiger partial charge in [0.25, 0.3) is 0 Å². The molecule has 3 aromatic heterocycles. The molecule has 0 aliphatic heterocycles. The lowest BCUT2D eigenvalue weighted by atomic mass is 10.0. The molecule has 0 atom stereocenters. The highest BCUT2D eigenvalue weighted by atomic mass is 15.0. The summed E-state index contributed by atoms with van der Waals surface area (Å²) in [7, 11) is 0. The van der Waals surface area contributed by atoms with Crippen LogP contribution in [0, 0.1) is 19.7 Å². The Bertz CT molecular complexity index is 3580. The Balaban J connectivity index is 1.20. The lowest BCUT2D eigenvalue weighted by molar-refractivity contribution is 1.17. The van der Waals surface area contributed by atoms with Crippen LogP contribution in [0.3, 0.4) is 0 Å². The molecule has 0 fully saturated rings. The van der Waals surface area contributed by atoms with Crippen molar-refractivity contribution in [3.63, 3.8) is 0 Å². The Hall–Kier alpha value is -8.37. The molecule has 0 saturated heterocycles. The molecule has 262 valence electrons. The number of hydrogen-bond acceptors (Lipinski definition) is 0. The summed E-state index contributed by atoms with van der Waals surface area (Å²) >= 11 is 0. The third-order valence-electron chi connectivity index (χ3n) is 11.2. The van der Waals surface area contributed by atoms with E-state index in [2.05, 4.69) is 137 Å². The zero-order valence-electron chi connectivity index (χ0n) is 30.3. The molecule has 0 unspecified atom stereocenters. The topological polar surface area (TPSA) is 27.9 Å². The van der Waals surface area contributed by atoms with Gasteiger partial charge in [-0.05, 0) is 95.2 Å². The van der Waals surface area contributed by atoms with E-state index in [1.807, 2.05) is 60.7 Å². The normalized spacial score (nSPS) is 11.5. The summed E-state index contributed by atoms with van der Waals surface area (Å²) in [5.41, 5.74) is 12.7. The average Bonchev–Trinajstić information content (AvgIpc) is 3.91. The van der Waals surface area contributed by atoms with Crippen molar-refractivity contribution in [3.05, 3.63) is 204 Å². The van der Waals surface area contributed by atoms with Gasteiger partial charge < -0.3 is 13.7 Å². The van der Waals surface area contributed by atoms with Gasteiger partial charge >= 0.3 is 0 Å². The van der Waals surface area contributed by atoms with Gasteiger partial charge in [0.15, 0.2) is 17.1 Å². The van der Waals surface area contributed by atoms with E-state index in [0.29, 0.717) is 17.1 Å². The molecule has 0 radical (unpaired) electrons. The van der Waals surface area contributed by atoms with E-state index in [4.69, 9.17) is 19.7 Å². The molecule has 11 rings (SSSR count). The molecule has 0 bridgehead atoms. The van der Waals surface area contributed by atoms with Crippen molar-refractivity contribution in [2.24, 2.45) is 0 Å². The minimum Gasteiger partial charge on any atom is -0.311 e. The van der Waals surface area contributed by atoms with Crippen LogP contribution in [0.1, 0.15) is 0 Å². The largest absolute Gasteiger partial charge is 0.311 e. The Kier molecular flexibility index (Phi) is 6.95. The maximum Gasteiger partial charge on any atom is 0.189 e. The molecule has 0 amide bonds. The van der Waals surface area contributed by atoms with Gasteiger partial charge in [0, 0.05) is 32.8 Å². The van der Waals surface area contributed by atoms with Gasteiger partial charge in [0.2, 0.25) is 0 Å². The van der Waals surface area contributed by atoms with Gasteiger partial charge in [-0.2, -0.15) is 0 Å². The Morgan fingerprint density at radius 1 is 0.333 bits per heavy atom. The van der Waals surface area contributed by atoms with Crippen LogP contribution in [0.25, 0.3) is 108 Å². The summed E-state index contributed by atoms with van der Waals surface area (Å²) in [6, 6.07) is 58.0. The average molecular weight is 725 g/mol. The molecule has 0 saturated carbocycles. The SMILES string of the molecule is [C-]#[N+]c1cc(-c2ccccc2-n2c3ccc([N+]#[C-])cc3c3c(-n4c5ccccc5c5ccccc54)cccc32)cc(-n2c3ccccc3c3cc([N+]#[C-])ccc32)c1. The van der Waals surface area contributed by atoms with Gasteiger partial charge in [0.05, 0.1) is 64.2 Å². The van der Waals surface area contributed by atoms with E-state index < -0.39 is 0 Å². The van der Waals surface area contributed by atoms with Crippen molar-refractivity contribution in [2.45, 2.75) is 0 Å². The minimum absolute atomic E-state index is 0.526. The van der Waals surface area contributed by atoms with E-state index >= 15 is 0 Å². The van der Waals surface area contributed by atoms with Crippen LogP contribution in [0.2, 0.25) is 0 Å². The molecule has 0 aliphatic rings. The predicted molar refractivity (Wildman–Crippen MR) is 234 cm³/mol. The van der Waals surface area contributed by atoms with Crippen molar-refractivity contribution in [3.8, 4) is 28.2 Å². The molecule has 57 heavy (non-hydrogen) atoms. The standard InChI is InChI=1S/C51H28N6/c1-52-33-23-25-47-41(30-33)40-16-7-9-18-44(40)55(47)36-28-32(27-35(29-36)54-3)37-13-4-8-17-43(37)56-48-26-24-34(53-2)31-42(48)51-49(56)21-12-22-50(51)57-45-19-10-5-14-38(45)39-15-6-11-20-46(39)57/h4-31H. The van der Waals surface area contributed by atoms with Gasteiger partial charge in [-0.1, -0.05) is 91.0 Å². The smallest absolute Gasteiger partial charge is 0.189 e. The van der Waals surface area contributed by atoms with Gasteiger partial charge in [0.1, 0.15) is 0 Å². The van der Waals surface area contributed by atoms with Crippen molar-refractivity contribution >= 4 is 82.5 Å². The number of rotatable bonds is 4. The fraction of sp³-hybridized carbons (Fsp3) is 0. The number of fused-ring (bicyclic) bond motifs is 9. The van der Waals surface area contributed by atoms with Gasteiger partial charge in [-0.25, -0.2) is 14.5 Å². The number of benzene rings is 8. The van der Waals surface area contributed by atoms with Crippen molar-refractivity contribution in [1.29, 1.82) is 0 Å². The highest BCUT2D eigenvalue weighted by Gasteiger charge is 2.22. The second-order valence-corrected chi connectivity index (χ2v) is 14.2. The number of aromatic nitrogens is 3. The number of hydrogen-bond donors (Lipinski definition) is 0. The Morgan fingerprint density at radius 2 is 0.825 bits per heavy atom. The van der Waals surface area contributed by atoms with Crippen LogP contribution < -0.4 is 0 Å². The molecule has 0 spiro atoms. The minimum atomic E-state index is 0.526. The number of para-hydroxylation sites is 4. The summed E-state index contributed by atoms with van der Waals surface area (Å²) in [5.74, 6) is 0. The lowest BCUT2D eigenvalue weighted by Crippen LogP contribution is -1.99. The molecular formula is C51H28N6. The van der Waals surface area contributed by atoms with E-state index in [0.717, 1.165) is 82.8 Å². The molecule has 0 N–H and O–H groups in total. The number of nitrogens with zero attached hydrogens (tertiary/aromatic N) is 6. The highest BCUT2D eigenvalue weighted by molar-refractivity contribution is 6.17. The first-order valence-corrected chi connectivity index (χ1v) is 18.6. The second-order valence-electron chi connectivity index (χ2n) is 14.2. The fourth-order valence-electron chi connectivity index (χ4n) is 8.90. The molecule has 6 nitrogen and oxygen atoms in total. The van der Waals surface area contributed by atoms with Gasteiger partial charge in [-0.3, -0.25) is 0 Å². The first-order valence-electron chi connectivity index (χ1n) is 18.6. The van der Waals surface area contributed by atoms with Crippen LogP contribution in [-0.2, 0) is 0 Å². The summed E-state index contributed by atoms with van der Waals surface area (Å²) in [6.07, 6.45) is 0. The zero-order valence-corrected chi connectivity index (χ0v) is 30.3. The first kappa shape index (κ1) is 32.1. The van der Waals surface area contributed by atoms with Crippen molar-refractivity contribution < 1.29 is 0 Å². The van der Waals surface area contributed by atoms with Crippen LogP contribution in [0.15, 0.2) is 170 Å². The third kappa shape index (κ3) is 4.68. The summed E-state index contributed by atoms with van der Waals surface area (Å²) in [6.45, 7) is 23.8. The molecule has 8 aromatic carbocycles. The van der Waals surface area contributed by atoms with Crippen LogP contribution in [-0.4, -0.2) is 13.7 Å². The van der Waals surface area contributed by atoms with E-state index in [-0.39, 0.29) is 0 Å². The van der Waals surface area contributed by atoms with Crippen molar-refractivity contribution in [2.75, 3.05) is 0 Å². The van der Waals surface area contributed by atoms with Gasteiger partial charge in [-0.15, -0.1) is 0 Å². The fourth-order valence-corrected chi connectivity index (χ4v) is 8.90. The van der Waals surface area contributed by atoms with Crippen LogP contribution in [0.4, 0.5) is 17.1 Å². The first-order chi connectivity index (χ1) is 28.1. The summed E-state index contributed by atoms with van der Waals surface area (Å²) in [4.78, 5) is 11.5. The highest BCUT2D eigenvalue weighted by Crippen LogP contribution is 2.44. The molecule has 0 aliphatic carbocycles. The van der Waals surface area contributed by atoms with E-state index in [1.54, 1.807) is 0 Å². The van der Waals surface area contributed by atoms with Crippen LogP contribution >= 0.6 is 0 Å². The molecular weight excluding hydrogens is 697 g/mol. The monoisotopic (exact) mass is 724 g/mol. The van der Waals surface area contributed by atoms with Crippen molar-refractivity contribution in [1.82, 2.24) is 13.7 Å². The zero-order chi connectivity index (χ0) is 38.2. The maximum absolute atomic E-state index is 8.21. The quantitative estimate of drug-likeness (QED) is 0.162. The molecule has 11 aromatic rings.